The van der Waals surface area contributed by atoms with E-state index in [0.717, 1.165) is 42.1 Å². The van der Waals surface area contributed by atoms with Crippen LogP contribution in [-0.4, -0.2) is 29.6 Å². The summed E-state index contributed by atoms with van der Waals surface area (Å²) >= 11 is 6.28. The molecule has 0 spiro atoms. The molecule has 2 heterocycles. The lowest BCUT2D eigenvalue weighted by Gasteiger charge is -2.13. The van der Waals surface area contributed by atoms with Gasteiger partial charge in [-0.25, -0.2) is 4.39 Å². The fourth-order valence-corrected chi connectivity index (χ4v) is 3.99. The summed E-state index contributed by atoms with van der Waals surface area (Å²) in [7, 11) is 2.17. The Morgan fingerprint density at radius 2 is 1.92 bits per heavy atom. The Kier molecular flexibility index (Phi) is 4.60. The van der Waals surface area contributed by atoms with E-state index in [-0.39, 0.29) is 5.82 Å². The highest BCUT2D eigenvalue weighted by atomic mass is 35.5. The number of aromatic nitrogens is 1. The SMILES string of the molecule is CC(=Cn1c2c(c3cc(Cl)ccc31)CCN(C)CC2)c1cccc(F)c1. The van der Waals surface area contributed by atoms with Crippen LogP contribution in [-0.2, 0) is 12.8 Å². The van der Waals surface area contributed by atoms with Gasteiger partial charge in [-0.15, -0.1) is 0 Å². The monoisotopic (exact) mass is 368 g/mol. The van der Waals surface area contributed by atoms with Gasteiger partial charge in [0.1, 0.15) is 5.82 Å². The van der Waals surface area contributed by atoms with E-state index >= 15 is 0 Å². The maximum Gasteiger partial charge on any atom is 0.123 e. The van der Waals surface area contributed by atoms with Crippen LogP contribution >= 0.6 is 11.6 Å². The van der Waals surface area contributed by atoms with Crippen LogP contribution in [0.2, 0.25) is 5.02 Å². The molecule has 0 amide bonds. The van der Waals surface area contributed by atoms with Gasteiger partial charge in [-0.1, -0.05) is 23.7 Å². The average Bonchev–Trinajstić information content (AvgIpc) is 2.75. The highest BCUT2D eigenvalue weighted by molar-refractivity contribution is 6.31. The lowest BCUT2D eigenvalue weighted by molar-refractivity contribution is 0.351. The molecule has 0 unspecified atom stereocenters. The van der Waals surface area contributed by atoms with Crippen molar-refractivity contribution in [3.63, 3.8) is 0 Å². The number of likely N-dealkylation sites (N-methyl/N-ethyl adjacent to an activating group) is 1. The van der Waals surface area contributed by atoms with E-state index in [1.807, 2.05) is 19.1 Å². The second-order valence-electron chi connectivity index (χ2n) is 7.08. The molecule has 1 aromatic heterocycles. The predicted molar refractivity (Wildman–Crippen MR) is 108 cm³/mol. The van der Waals surface area contributed by atoms with E-state index in [1.165, 1.54) is 28.2 Å². The van der Waals surface area contributed by atoms with E-state index in [9.17, 15) is 4.39 Å². The fourth-order valence-electron chi connectivity index (χ4n) is 3.82. The number of benzene rings is 2. The zero-order valence-electron chi connectivity index (χ0n) is 15.1. The maximum absolute atomic E-state index is 13.6. The van der Waals surface area contributed by atoms with Crippen molar-refractivity contribution in [3.8, 4) is 0 Å². The van der Waals surface area contributed by atoms with Gasteiger partial charge in [-0.2, -0.15) is 0 Å². The van der Waals surface area contributed by atoms with Crippen molar-refractivity contribution in [1.82, 2.24) is 9.47 Å². The topological polar surface area (TPSA) is 8.17 Å². The first-order chi connectivity index (χ1) is 12.5. The third kappa shape index (κ3) is 3.17. The number of hydrogen-bond acceptors (Lipinski definition) is 1. The molecule has 0 aliphatic carbocycles. The molecule has 4 rings (SSSR count). The van der Waals surface area contributed by atoms with Gasteiger partial charge in [0.2, 0.25) is 0 Å². The first-order valence-electron chi connectivity index (χ1n) is 8.97. The van der Waals surface area contributed by atoms with Crippen molar-refractivity contribution in [2.75, 3.05) is 20.1 Å². The van der Waals surface area contributed by atoms with E-state index in [1.54, 1.807) is 12.1 Å². The van der Waals surface area contributed by atoms with E-state index in [4.69, 9.17) is 11.6 Å². The van der Waals surface area contributed by atoms with Crippen molar-refractivity contribution in [2.45, 2.75) is 19.8 Å². The molecular formula is C22H22ClFN2. The van der Waals surface area contributed by atoms with Gasteiger partial charge in [0.05, 0.1) is 5.52 Å². The smallest absolute Gasteiger partial charge is 0.123 e. The van der Waals surface area contributed by atoms with Gasteiger partial charge in [0.25, 0.3) is 0 Å². The van der Waals surface area contributed by atoms with Crippen molar-refractivity contribution in [3.05, 3.63) is 70.1 Å². The highest BCUT2D eigenvalue weighted by Gasteiger charge is 2.20. The van der Waals surface area contributed by atoms with Crippen LogP contribution < -0.4 is 0 Å². The summed E-state index contributed by atoms with van der Waals surface area (Å²) in [5, 5.41) is 1.99. The minimum absolute atomic E-state index is 0.208. The van der Waals surface area contributed by atoms with Crippen molar-refractivity contribution >= 4 is 34.3 Å². The second kappa shape index (κ2) is 6.90. The molecule has 0 saturated carbocycles. The van der Waals surface area contributed by atoms with Crippen LogP contribution in [0, 0.1) is 5.82 Å². The maximum atomic E-state index is 13.6. The molecule has 0 N–H and O–H groups in total. The molecule has 3 aromatic rings. The number of halogens is 2. The van der Waals surface area contributed by atoms with Crippen LogP contribution in [0.1, 0.15) is 23.7 Å². The lowest BCUT2D eigenvalue weighted by atomic mass is 10.1. The number of hydrogen-bond donors (Lipinski definition) is 0. The molecule has 2 nitrogen and oxygen atoms in total. The minimum Gasteiger partial charge on any atom is -0.320 e. The van der Waals surface area contributed by atoms with E-state index in [0.29, 0.717) is 0 Å². The number of fused-ring (bicyclic) bond motifs is 3. The van der Waals surface area contributed by atoms with E-state index < -0.39 is 0 Å². The van der Waals surface area contributed by atoms with Crippen LogP contribution in [0.5, 0.6) is 0 Å². The molecule has 1 aliphatic heterocycles. The molecule has 0 radical (unpaired) electrons. The molecule has 0 saturated heterocycles. The third-order valence-electron chi connectivity index (χ3n) is 5.26. The molecule has 2 aromatic carbocycles. The molecule has 134 valence electrons. The molecule has 1 aliphatic rings. The van der Waals surface area contributed by atoms with Crippen molar-refractivity contribution in [1.29, 1.82) is 0 Å². The van der Waals surface area contributed by atoms with E-state index in [2.05, 4.69) is 34.8 Å². The highest BCUT2D eigenvalue weighted by Crippen LogP contribution is 2.32. The molecular weight excluding hydrogens is 347 g/mol. The Morgan fingerprint density at radius 3 is 2.73 bits per heavy atom. The molecule has 0 fully saturated rings. The summed E-state index contributed by atoms with van der Waals surface area (Å²) in [6.45, 7) is 4.11. The Bertz CT molecular complexity index is 1000. The Labute approximate surface area is 158 Å². The van der Waals surface area contributed by atoms with Gasteiger partial charge in [0.15, 0.2) is 0 Å². The number of allylic oxidation sites excluding steroid dienone is 1. The molecule has 26 heavy (non-hydrogen) atoms. The fraction of sp³-hybridized carbons (Fsp3) is 0.273. The molecule has 4 heteroatoms. The van der Waals surface area contributed by atoms with Crippen molar-refractivity contribution < 1.29 is 4.39 Å². The zero-order valence-corrected chi connectivity index (χ0v) is 15.9. The standard InChI is InChI=1S/C22H22ClFN2/c1-15(16-4-3-5-18(24)12-16)14-26-21-7-6-17(23)13-20(21)19-8-10-25(2)11-9-22(19)26/h3-7,12-14H,8-11H2,1-2H3. The molecule has 0 bridgehead atoms. The number of rotatable bonds is 2. The first kappa shape index (κ1) is 17.3. The van der Waals surface area contributed by atoms with Gasteiger partial charge in [-0.3, -0.25) is 0 Å². The van der Waals surface area contributed by atoms with Crippen LogP contribution in [0.3, 0.4) is 0 Å². The van der Waals surface area contributed by atoms with Gasteiger partial charge < -0.3 is 9.47 Å². The summed E-state index contributed by atoms with van der Waals surface area (Å²) < 4.78 is 15.9. The Balaban J connectivity index is 1.90. The second-order valence-corrected chi connectivity index (χ2v) is 7.52. The first-order valence-corrected chi connectivity index (χ1v) is 9.35. The largest absolute Gasteiger partial charge is 0.320 e. The quantitative estimate of drug-likeness (QED) is 0.581. The Morgan fingerprint density at radius 1 is 1.12 bits per heavy atom. The normalized spacial score (nSPS) is 15.9. The van der Waals surface area contributed by atoms with Crippen LogP contribution in [0.15, 0.2) is 42.5 Å². The summed E-state index contributed by atoms with van der Waals surface area (Å²) in [6, 6.07) is 12.9. The minimum atomic E-state index is -0.208. The Hall–Kier alpha value is -2.10. The zero-order chi connectivity index (χ0) is 18.3. The lowest BCUT2D eigenvalue weighted by Crippen LogP contribution is -2.21. The number of nitrogens with zero attached hydrogens (tertiary/aromatic N) is 2. The summed E-state index contributed by atoms with van der Waals surface area (Å²) in [6.07, 6.45) is 4.14. The predicted octanol–water partition coefficient (Wildman–Crippen LogP) is 5.48. The third-order valence-corrected chi connectivity index (χ3v) is 5.49. The summed E-state index contributed by atoms with van der Waals surface area (Å²) in [5.74, 6) is -0.208. The summed E-state index contributed by atoms with van der Waals surface area (Å²) in [4.78, 5) is 2.36. The van der Waals surface area contributed by atoms with Crippen LogP contribution in [0.25, 0.3) is 22.7 Å². The summed E-state index contributed by atoms with van der Waals surface area (Å²) in [5.41, 5.74) is 5.83. The average molecular weight is 369 g/mol. The molecule has 0 atom stereocenters. The van der Waals surface area contributed by atoms with Gasteiger partial charge in [-0.05, 0) is 67.4 Å². The van der Waals surface area contributed by atoms with Crippen LogP contribution in [0.4, 0.5) is 4.39 Å². The van der Waals surface area contributed by atoms with Crippen molar-refractivity contribution in [2.24, 2.45) is 0 Å². The van der Waals surface area contributed by atoms with Gasteiger partial charge >= 0.3 is 0 Å². The van der Waals surface area contributed by atoms with Gasteiger partial charge in [0, 0.05) is 41.8 Å².